The Kier molecular flexibility index (Phi) is 10.0. The molecule has 3 rings (SSSR count). The predicted molar refractivity (Wildman–Crippen MR) is 139 cm³/mol. The highest BCUT2D eigenvalue weighted by atomic mass is 16.5. The number of amides is 3. The molecule has 36 heavy (non-hydrogen) atoms. The standard InChI is InChI=1S/C28H32N4O4/c1-32(2)19-26(33)30-24-15-9-14-23(16-24)18-29-27(34)25(17-21-10-5-3-6-11-21)31-28(35)36-20-22-12-7-4-8-13-22/h3-16,25H,17-20H2,1-2H3,(H,29,34)(H,30,33)(H,31,35)/t25-/m0/s1. The molecular weight excluding hydrogens is 456 g/mol. The number of carbonyl (C=O) groups is 3. The molecule has 0 bridgehead atoms. The number of alkyl carbamates (subject to hydrolysis) is 1. The first-order chi connectivity index (χ1) is 17.4. The topological polar surface area (TPSA) is 99.8 Å². The number of carbonyl (C=O) groups excluding carboxylic acids is 3. The van der Waals surface area contributed by atoms with Crippen molar-refractivity contribution in [1.82, 2.24) is 15.5 Å². The molecule has 188 valence electrons. The van der Waals surface area contributed by atoms with Crippen molar-refractivity contribution in [3.8, 4) is 0 Å². The molecule has 0 aliphatic heterocycles. The fourth-order valence-electron chi connectivity index (χ4n) is 3.53. The van der Waals surface area contributed by atoms with Crippen LogP contribution in [0.4, 0.5) is 10.5 Å². The summed E-state index contributed by atoms with van der Waals surface area (Å²) in [5.41, 5.74) is 3.23. The van der Waals surface area contributed by atoms with E-state index in [9.17, 15) is 14.4 Å². The van der Waals surface area contributed by atoms with Crippen LogP contribution in [0, 0.1) is 0 Å². The van der Waals surface area contributed by atoms with Crippen LogP contribution in [0.1, 0.15) is 16.7 Å². The molecule has 0 aromatic heterocycles. The molecule has 0 radical (unpaired) electrons. The molecule has 0 saturated heterocycles. The zero-order valence-corrected chi connectivity index (χ0v) is 20.6. The van der Waals surface area contributed by atoms with Gasteiger partial charge in [0.05, 0.1) is 6.54 Å². The van der Waals surface area contributed by atoms with Crippen molar-refractivity contribution in [3.63, 3.8) is 0 Å². The van der Waals surface area contributed by atoms with Crippen LogP contribution in [-0.2, 0) is 33.9 Å². The molecule has 0 spiro atoms. The maximum absolute atomic E-state index is 13.1. The lowest BCUT2D eigenvalue weighted by Gasteiger charge is -2.19. The summed E-state index contributed by atoms with van der Waals surface area (Å²) in [6.45, 7) is 0.620. The van der Waals surface area contributed by atoms with Gasteiger partial charge in [-0.3, -0.25) is 9.59 Å². The van der Waals surface area contributed by atoms with Crippen molar-refractivity contribution in [2.45, 2.75) is 25.6 Å². The molecule has 0 heterocycles. The van der Waals surface area contributed by atoms with Gasteiger partial charge in [0.1, 0.15) is 12.6 Å². The number of anilines is 1. The SMILES string of the molecule is CN(C)CC(=O)Nc1cccc(CNC(=O)[C@H](Cc2ccccc2)NC(=O)OCc2ccccc2)c1. The van der Waals surface area contributed by atoms with E-state index in [1.807, 2.05) is 93.0 Å². The Balaban J connectivity index is 1.60. The number of ether oxygens (including phenoxy) is 1. The van der Waals surface area contributed by atoms with Crippen LogP contribution in [0.2, 0.25) is 0 Å². The van der Waals surface area contributed by atoms with Crippen molar-refractivity contribution in [2.24, 2.45) is 0 Å². The van der Waals surface area contributed by atoms with E-state index < -0.39 is 12.1 Å². The van der Waals surface area contributed by atoms with E-state index in [1.54, 1.807) is 11.0 Å². The van der Waals surface area contributed by atoms with Crippen molar-refractivity contribution in [3.05, 3.63) is 102 Å². The molecule has 0 aliphatic rings. The normalized spacial score (nSPS) is 11.4. The summed E-state index contributed by atoms with van der Waals surface area (Å²) in [6, 6.07) is 25.2. The Morgan fingerprint density at radius 2 is 1.47 bits per heavy atom. The second-order valence-corrected chi connectivity index (χ2v) is 8.65. The minimum Gasteiger partial charge on any atom is -0.445 e. The molecule has 0 saturated carbocycles. The lowest BCUT2D eigenvalue weighted by atomic mass is 10.1. The molecule has 0 unspecified atom stereocenters. The summed E-state index contributed by atoms with van der Waals surface area (Å²) in [4.78, 5) is 39.3. The summed E-state index contributed by atoms with van der Waals surface area (Å²) >= 11 is 0. The van der Waals surface area contributed by atoms with E-state index in [2.05, 4.69) is 16.0 Å². The third-order valence-corrected chi connectivity index (χ3v) is 5.24. The zero-order valence-electron chi connectivity index (χ0n) is 20.6. The Morgan fingerprint density at radius 3 is 2.14 bits per heavy atom. The first-order valence-corrected chi connectivity index (χ1v) is 11.7. The van der Waals surface area contributed by atoms with Gasteiger partial charge in [-0.2, -0.15) is 0 Å². The van der Waals surface area contributed by atoms with E-state index in [0.717, 1.165) is 16.7 Å². The number of hydrogen-bond acceptors (Lipinski definition) is 5. The van der Waals surface area contributed by atoms with Gasteiger partial charge in [0.25, 0.3) is 0 Å². The Bertz CT molecular complexity index is 1140. The molecule has 3 amide bonds. The molecule has 8 nitrogen and oxygen atoms in total. The minimum atomic E-state index is -0.821. The van der Waals surface area contributed by atoms with Gasteiger partial charge in [-0.05, 0) is 42.9 Å². The van der Waals surface area contributed by atoms with E-state index in [4.69, 9.17) is 4.74 Å². The Labute approximate surface area is 211 Å². The monoisotopic (exact) mass is 488 g/mol. The third kappa shape index (κ3) is 9.23. The molecule has 3 N–H and O–H groups in total. The molecule has 3 aromatic rings. The Morgan fingerprint density at radius 1 is 0.833 bits per heavy atom. The van der Waals surface area contributed by atoms with E-state index in [-0.39, 0.29) is 31.5 Å². The minimum absolute atomic E-state index is 0.110. The van der Waals surface area contributed by atoms with Gasteiger partial charge >= 0.3 is 6.09 Å². The highest BCUT2D eigenvalue weighted by molar-refractivity contribution is 5.92. The van der Waals surface area contributed by atoms with E-state index in [1.165, 1.54) is 0 Å². The van der Waals surface area contributed by atoms with Crippen molar-refractivity contribution in [1.29, 1.82) is 0 Å². The number of likely N-dealkylation sites (N-methyl/N-ethyl adjacent to an activating group) is 1. The largest absolute Gasteiger partial charge is 0.445 e. The Hall–Kier alpha value is -4.17. The molecule has 0 aliphatic carbocycles. The van der Waals surface area contributed by atoms with Gasteiger partial charge in [0, 0.05) is 18.7 Å². The molecular formula is C28H32N4O4. The molecule has 3 aromatic carbocycles. The van der Waals surface area contributed by atoms with Crippen LogP contribution < -0.4 is 16.0 Å². The van der Waals surface area contributed by atoms with Crippen molar-refractivity contribution in [2.75, 3.05) is 26.0 Å². The van der Waals surface area contributed by atoms with Gasteiger partial charge in [-0.1, -0.05) is 72.8 Å². The second kappa shape index (κ2) is 13.7. The lowest BCUT2D eigenvalue weighted by Crippen LogP contribution is -2.48. The van der Waals surface area contributed by atoms with Gasteiger partial charge in [0.2, 0.25) is 11.8 Å². The summed E-state index contributed by atoms with van der Waals surface area (Å²) < 4.78 is 5.32. The van der Waals surface area contributed by atoms with Crippen LogP contribution in [0.15, 0.2) is 84.9 Å². The van der Waals surface area contributed by atoms with Gasteiger partial charge in [-0.15, -0.1) is 0 Å². The second-order valence-electron chi connectivity index (χ2n) is 8.65. The summed E-state index contributed by atoms with van der Waals surface area (Å²) in [5, 5.41) is 8.42. The number of rotatable bonds is 11. The first kappa shape index (κ1) is 26.4. The van der Waals surface area contributed by atoms with Crippen LogP contribution in [-0.4, -0.2) is 49.5 Å². The summed E-state index contributed by atoms with van der Waals surface area (Å²) in [6.07, 6.45) is -0.353. The van der Waals surface area contributed by atoms with Crippen LogP contribution in [0.25, 0.3) is 0 Å². The van der Waals surface area contributed by atoms with Crippen LogP contribution >= 0.6 is 0 Å². The summed E-state index contributed by atoms with van der Waals surface area (Å²) in [5.74, 6) is -0.458. The van der Waals surface area contributed by atoms with E-state index >= 15 is 0 Å². The fraction of sp³-hybridized carbons (Fsp3) is 0.250. The van der Waals surface area contributed by atoms with Gasteiger partial charge < -0.3 is 25.6 Å². The smallest absolute Gasteiger partial charge is 0.408 e. The average molecular weight is 489 g/mol. The maximum atomic E-state index is 13.1. The maximum Gasteiger partial charge on any atom is 0.408 e. The van der Waals surface area contributed by atoms with Gasteiger partial charge in [-0.25, -0.2) is 4.79 Å². The van der Waals surface area contributed by atoms with Crippen LogP contribution in [0.3, 0.4) is 0 Å². The highest BCUT2D eigenvalue weighted by Gasteiger charge is 2.22. The first-order valence-electron chi connectivity index (χ1n) is 11.7. The number of benzene rings is 3. The summed E-state index contributed by atoms with van der Waals surface area (Å²) in [7, 11) is 3.64. The third-order valence-electron chi connectivity index (χ3n) is 5.24. The van der Waals surface area contributed by atoms with Gasteiger partial charge in [0.15, 0.2) is 0 Å². The number of nitrogens with one attached hydrogen (secondary N) is 3. The van der Waals surface area contributed by atoms with Crippen LogP contribution in [0.5, 0.6) is 0 Å². The number of nitrogens with zero attached hydrogens (tertiary/aromatic N) is 1. The quantitative estimate of drug-likeness (QED) is 0.385. The van der Waals surface area contributed by atoms with Crippen molar-refractivity contribution >= 4 is 23.6 Å². The zero-order chi connectivity index (χ0) is 25.8. The predicted octanol–water partition coefficient (Wildman–Crippen LogP) is 3.34. The lowest BCUT2D eigenvalue weighted by molar-refractivity contribution is -0.123. The average Bonchev–Trinajstić information content (AvgIpc) is 2.86. The molecule has 1 atom stereocenters. The number of hydrogen-bond donors (Lipinski definition) is 3. The molecule has 0 fully saturated rings. The molecule has 8 heteroatoms. The van der Waals surface area contributed by atoms with Crippen molar-refractivity contribution < 1.29 is 19.1 Å². The van der Waals surface area contributed by atoms with E-state index in [0.29, 0.717) is 12.1 Å². The highest BCUT2D eigenvalue weighted by Crippen LogP contribution is 2.11. The fourth-order valence-corrected chi connectivity index (χ4v) is 3.53.